The summed E-state index contributed by atoms with van der Waals surface area (Å²) in [6.07, 6.45) is 4.46. The van der Waals surface area contributed by atoms with Gasteiger partial charge in [-0.2, -0.15) is 0 Å². The summed E-state index contributed by atoms with van der Waals surface area (Å²) in [7, 11) is 0. The Hall–Kier alpha value is -4.32. The largest absolute Gasteiger partial charge is 0.454 e. The third-order valence-corrected chi connectivity index (χ3v) is 6.33. The van der Waals surface area contributed by atoms with Gasteiger partial charge in [0.25, 0.3) is 5.91 Å². The van der Waals surface area contributed by atoms with Gasteiger partial charge in [0.2, 0.25) is 6.79 Å². The zero-order chi connectivity index (χ0) is 22.9. The van der Waals surface area contributed by atoms with Crippen molar-refractivity contribution in [3.63, 3.8) is 0 Å². The number of amides is 1. The molecule has 1 amide bonds. The molecule has 1 aliphatic rings. The molecule has 1 aliphatic heterocycles. The highest BCUT2D eigenvalue weighted by Crippen LogP contribution is 2.36. The highest BCUT2D eigenvalue weighted by molar-refractivity contribution is 6.06. The van der Waals surface area contributed by atoms with Crippen molar-refractivity contribution in [1.29, 1.82) is 0 Å². The molecule has 6 nitrogen and oxygen atoms in total. The summed E-state index contributed by atoms with van der Waals surface area (Å²) in [5, 5.41) is 2.03. The van der Waals surface area contributed by atoms with Gasteiger partial charge in [0.05, 0.1) is 11.1 Å². The van der Waals surface area contributed by atoms with Crippen molar-refractivity contribution < 1.29 is 14.3 Å². The molecule has 3 heterocycles. The number of pyridine rings is 1. The molecule has 5 aromatic rings. The van der Waals surface area contributed by atoms with Gasteiger partial charge < -0.3 is 19.4 Å². The molecule has 0 fully saturated rings. The van der Waals surface area contributed by atoms with E-state index in [0.29, 0.717) is 24.4 Å². The second-order valence-corrected chi connectivity index (χ2v) is 8.36. The first-order chi connectivity index (χ1) is 16.8. The molecule has 3 aromatic carbocycles. The zero-order valence-corrected chi connectivity index (χ0v) is 18.5. The van der Waals surface area contributed by atoms with Crippen molar-refractivity contribution >= 4 is 27.7 Å². The molecular formula is C28H23N3O3. The van der Waals surface area contributed by atoms with Crippen molar-refractivity contribution in [1.82, 2.24) is 14.9 Å². The fraction of sp³-hybridized carbons (Fsp3) is 0.143. The van der Waals surface area contributed by atoms with E-state index in [1.807, 2.05) is 65.7 Å². The maximum absolute atomic E-state index is 13.9. The minimum absolute atomic E-state index is 0.0324. The summed E-state index contributed by atoms with van der Waals surface area (Å²) in [4.78, 5) is 23.6. The van der Waals surface area contributed by atoms with E-state index in [2.05, 4.69) is 22.1 Å². The van der Waals surface area contributed by atoms with Crippen LogP contribution in [0.25, 0.3) is 21.8 Å². The lowest BCUT2D eigenvalue weighted by molar-refractivity contribution is 0.0745. The number of aromatic nitrogens is 2. The molecule has 0 atom stereocenters. The molecule has 0 radical (unpaired) electrons. The topological polar surface area (TPSA) is 67.5 Å². The van der Waals surface area contributed by atoms with Gasteiger partial charge in [-0.1, -0.05) is 48.5 Å². The van der Waals surface area contributed by atoms with Gasteiger partial charge >= 0.3 is 0 Å². The number of fused-ring (bicyclic) bond motifs is 3. The molecule has 0 saturated heterocycles. The molecule has 6 heteroatoms. The monoisotopic (exact) mass is 449 g/mol. The molecule has 2 aromatic heterocycles. The molecule has 0 bridgehead atoms. The van der Waals surface area contributed by atoms with Gasteiger partial charge in [0.15, 0.2) is 11.5 Å². The molecule has 0 unspecified atom stereocenters. The van der Waals surface area contributed by atoms with Crippen LogP contribution in [0.5, 0.6) is 11.5 Å². The fourth-order valence-corrected chi connectivity index (χ4v) is 4.62. The third kappa shape index (κ3) is 3.63. The Bertz CT molecular complexity index is 1500. The second kappa shape index (κ2) is 8.56. The number of rotatable bonds is 6. The molecule has 0 spiro atoms. The van der Waals surface area contributed by atoms with Crippen LogP contribution in [0, 0.1) is 0 Å². The van der Waals surface area contributed by atoms with Crippen molar-refractivity contribution in [3.8, 4) is 11.5 Å². The Labute approximate surface area is 196 Å². The van der Waals surface area contributed by atoms with Crippen LogP contribution in [0.15, 0.2) is 85.2 Å². The van der Waals surface area contributed by atoms with Crippen LogP contribution in [-0.2, 0) is 13.0 Å². The number of nitrogens with one attached hydrogen (secondary N) is 1. The smallest absolute Gasteiger partial charge is 0.254 e. The van der Waals surface area contributed by atoms with Crippen LogP contribution in [0.2, 0.25) is 0 Å². The minimum atomic E-state index is -0.0324. The molecule has 34 heavy (non-hydrogen) atoms. The predicted molar refractivity (Wildman–Crippen MR) is 131 cm³/mol. The van der Waals surface area contributed by atoms with Gasteiger partial charge in [-0.15, -0.1) is 0 Å². The number of hydrogen-bond donors (Lipinski definition) is 1. The van der Waals surface area contributed by atoms with Gasteiger partial charge in [0, 0.05) is 47.3 Å². The Morgan fingerprint density at radius 3 is 2.71 bits per heavy atom. The summed E-state index contributed by atoms with van der Waals surface area (Å²) in [5.74, 6) is 1.40. The maximum Gasteiger partial charge on any atom is 0.254 e. The van der Waals surface area contributed by atoms with E-state index in [1.54, 1.807) is 12.3 Å². The van der Waals surface area contributed by atoms with E-state index in [1.165, 1.54) is 10.9 Å². The molecule has 6 rings (SSSR count). The second-order valence-electron chi connectivity index (χ2n) is 8.36. The summed E-state index contributed by atoms with van der Waals surface area (Å²) in [5.41, 5.74) is 4.67. The molecule has 1 N–H and O–H groups in total. The van der Waals surface area contributed by atoms with E-state index in [9.17, 15) is 4.79 Å². The maximum atomic E-state index is 13.9. The van der Waals surface area contributed by atoms with Crippen LogP contribution < -0.4 is 9.47 Å². The van der Waals surface area contributed by atoms with E-state index < -0.39 is 0 Å². The number of para-hydroxylation sites is 3. The average Bonchev–Trinajstić information content (AvgIpc) is 3.53. The van der Waals surface area contributed by atoms with Crippen molar-refractivity contribution in [2.75, 3.05) is 13.3 Å². The molecule has 0 aliphatic carbocycles. The number of carbonyl (C=O) groups is 1. The number of carbonyl (C=O) groups excluding carboxylic acids is 1. The average molecular weight is 450 g/mol. The summed E-state index contributed by atoms with van der Waals surface area (Å²) in [6, 6.07) is 23.6. The molecule has 0 saturated carbocycles. The number of aromatic amines is 1. The Morgan fingerprint density at radius 1 is 0.912 bits per heavy atom. The van der Waals surface area contributed by atoms with Gasteiger partial charge in [-0.25, -0.2) is 0 Å². The number of nitrogens with zero attached hydrogens (tertiary/aromatic N) is 2. The summed E-state index contributed by atoms with van der Waals surface area (Å²) < 4.78 is 11.3. The number of benzene rings is 3. The van der Waals surface area contributed by atoms with Crippen LogP contribution in [0.3, 0.4) is 0 Å². The fourth-order valence-electron chi connectivity index (χ4n) is 4.62. The Balaban J connectivity index is 1.35. The zero-order valence-electron chi connectivity index (χ0n) is 18.5. The van der Waals surface area contributed by atoms with Crippen LogP contribution in [0.1, 0.15) is 21.5 Å². The molecule has 168 valence electrons. The predicted octanol–water partition coefficient (Wildman–Crippen LogP) is 5.33. The number of hydrogen-bond acceptors (Lipinski definition) is 4. The standard InChI is InChI=1S/C28H23N3O3/c32-28(23-12-14-29-25-10-4-2-8-22(23)25)31(17-20-6-5-11-26-27(20)34-18-33-26)15-13-19-16-30-24-9-3-1-7-21(19)24/h1-12,14,16,30H,13,15,17-18H2. The summed E-state index contributed by atoms with van der Waals surface area (Å²) in [6.45, 7) is 1.18. The van der Waals surface area contributed by atoms with Crippen molar-refractivity contribution in [2.24, 2.45) is 0 Å². The first-order valence-electron chi connectivity index (χ1n) is 11.3. The third-order valence-electron chi connectivity index (χ3n) is 6.33. The van der Waals surface area contributed by atoms with Crippen LogP contribution in [0.4, 0.5) is 0 Å². The lowest BCUT2D eigenvalue weighted by Crippen LogP contribution is -2.32. The van der Waals surface area contributed by atoms with Crippen LogP contribution in [-0.4, -0.2) is 34.1 Å². The quantitative estimate of drug-likeness (QED) is 0.381. The first-order valence-corrected chi connectivity index (χ1v) is 11.3. The van der Waals surface area contributed by atoms with E-state index in [-0.39, 0.29) is 12.7 Å². The highest BCUT2D eigenvalue weighted by atomic mass is 16.7. The first kappa shape index (κ1) is 20.3. The Morgan fingerprint density at radius 2 is 1.76 bits per heavy atom. The van der Waals surface area contributed by atoms with E-state index >= 15 is 0 Å². The highest BCUT2D eigenvalue weighted by Gasteiger charge is 2.23. The lowest BCUT2D eigenvalue weighted by atomic mass is 10.1. The van der Waals surface area contributed by atoms with Gasteiger partial charge in [-0.3, -0.25) is 9.78 Å². The van der Waals surface area contributed by atoms with E-state index in [0.717, 1.165) is 34.2 Å². The lowest BCUT2D eigenvalue weighted by Gasteiger charge is -2.24. The normalized spacial score (nSPS) is 12.4. The van der Waals surface area contributed by atoms with E-state index in [4.69, 9.17) is 9.47 Å². The number of ether oxygens (including phenoxy) is 2. The number of H-pyrrole nitrogens is 1. The van der Waals surface area contributed by atoms with Crippen LogP contribution >= 0.6 is 0 Å². The SMILES string of the molecule is O=C(c1ccnc2ccccc12)N(CCc1c[nH]c2ccccc12)Cc1cccc2c1OCO2. The molecular weight excluding hydrogens is 426 g/mol. The van der Waals surface area contributed by atoms with Crippen molar-refractivity contribution in [2.45, 2.75) is 13.0 Å². The Kier molecular flexibility index (Phi) is 5.11. The summed E-state index contributed by atoms with van der Waals surface area (Å²) >= 11 is 0. The van der Waals surface area contributed by atoms with Gasteiger partial charge in [0.1, 0.15) is 0 Å². The minimum Gasteiger partial charge on any atom is -0.454 e. The van der Waals surface area contributed by atoms with Gasteiger partial charge in [-0.05, 0) is 36.2 Å². The van der Waals surface area contributed by atoms with Crippen molar-refractivity contribution in [3.05, 3.63) is 102 Å².